The number of allylic oxidation sites excluding steroid dienone is 4. The van der Waals surface area contributed by atoms with E-state index in [1.54, 1.807) is 0 Å². The van der Waals surface area contributed by atoms with Crippen LogP contribution < -0.4 is 0 Å². The molecule has 1 saturated carbocycles. The number of carbonyl (C=O) groups excluding carboxylic acids is 1. The third kappa shape index (κ3) is 12.6. The van der Waals surface area contributed by atoms with Gasteiger partial charge in [-0.1, -0.05) is 60.6 Å². The molecule has 1 aromatic rings. The fourth-order valence-electron chi connectivity index (χ4n) is 8.47. The van der Waals surface area contributed by atoms with E-state index in [9.17, 15) is 4.79 Å². The number of hydrogen-bond acceptors (Lipinski definition) is 7. The molecule has 4 aliphatic rings. The summed E-state index contributed by atoms with van der Waals surface area (Å²) < 4.78 is 37.3. The largest absolute Gasteiger partial charge is 0.469 e. The Morgan fingerprint density at radius 3 is 2.33 bits per heavy atom. The SMILES string of the molecule is COC(=O)C(CCCCOCc1ccccc1)C1=CC2C[C@@H](OC3CCCCO3)[C@H](C(=CCC[C@H](C)CCC=C(C)C)OC3CCCCO3)C2C1. The quantitative estimate of drug-likeness (QED) is 0.0578. The Hall–Kier alpha value is -2.45. The normalized spacial score (nSPS) is 27.7. The molecule has 8 atom stereocenters. The van der Waals surface area contributed by atoms with Gasteiger partial charge in [-0.2, -0.15) is 0 Å². The molecule has 5 rings (SSSR count). The van der Waals surface area contributed by atoms with E-state index < -0.39 is 0 Å². The maximum atomic E-state index is 13.3. The Labute approximate surface area is 308 Å². The zero-order chi connectivity index (χ0) is 35.8. The number of esters is 1. The minimum atomic E-state index is -0.229. The average Bonchev–Trinajstić information content (AvgIpc) is 3.69. The van der Waals surface area contributed by atoms with Gasteiger partial charge in [0.15, 0.2) is 12.6 Å². The van der Waals surface area contributed by atoms with Crippen molar-refractivity contribution in [1.29, 1.82) is 0 Å². The van der Waals surface area contributed by atoms with Gasteiger partial charge in [-0.15, -0.1) is 0 Å². The number of unbranched alkanes of at least 4 members (excludes halogenated alkanes) is 1. The smallest absolute Gasteiger partial charge is 0.312 e. The van der Waals surface area contributed by atoms with Gasteiger partial charge in [0.25, 0.3) is 0 Å². The molecule has 5 unspecified atom stereocenters. The van der Waals surface area contributed by atoms with Crippen LogP contribution in [0, 0.1) is 29.6 Å². The minimum absolute atomic E-state index is 0.00386. The van der Waals surface area contributed by atoms with Crippen molar-refractivity contribution in [2.45, 2.75) is 142 Å². The first-order valence-corrected chi connectivity index (χ1v) is 20.2. The summed E-state index contributed by atoms with van der Waals surface area (Å²) in [6, 6.07) is 10.3. The van der Waals surface area contributed by atoms with Crippen molar-refractivity contribution in [2.24, 2.45) is 29.6 Å². The Balaban J connectivity index is 1.28. The fourth-order valence-corrected chi connectivity index (χ4v) is 8.47. The number of hydrogen-bond donors (Lipinski definition) is 0. The summed E-state index contributed by atoms with van der Waals surface area (Å²) in [4.78, 5) is 13.3. The highest BCUT2D eigenvalue weighted by molar-refractivity contribution is 5.76. The van der Waals surface area contributed by atoms with Crippen molar-refractivity contribution >= 4 is 5.97 Å². The van der Waals surface area contributed by atoms with E-state index in [4.69, 9.17) is 28.4 Å². The van der Waals surface area contributed by atoms with Crippen molar-refractivity contribution in [3.05, 3.63) is 71.0 Å². The van der Waals surface area contributed by atoms with Crippen molar-refractivity contribution in [1.82, 2.24) is 0 Å². The van der Waals surface area contributed by atoms with Gasteiger partial charge < -0.3 is 28.4 Å². The van der Waals surface area contributed by atoms with Crippen molar-refractivity contribution < 1.29 is 33.2 Å². The van der Waals surface area contributed by atoms with Gasteiger partial charge in [0.2, 0.25) is 0 Å². The lowest BCUT2D eigenvalue weighted by Gasteiger charge is -2.34. The highest BCUT2D eigenvalue weighted by Gasteiger charge is 2.50. The minimum Gasteiger partial charge on any atom is -0.469 e. The van der Waals surface area contributed by atoms with Gasteiger partial charge >= 0.3 is 5.97 Å². The molecule has 7 nitrogen and oxygen atoms in total. The van der Waals surface area contributed by atoms with Crippen LogP contribution in [0.15, 0.2) is 65.5 Å². The molecule has 0 radical (unpaired) electrons. The van der Waals surface area contributed by atoms with E-state index in [0.29, 0.717) is 31.0 Å². The zero-order valence-electron chi connectivity index (χ0n) is 32.0. The van der Waals surface area contributed by atoms with Crippen LogP contribution in [0.3, 0.4) is 0 Å². The van der Waals surface area contributed by atoms with E-state index in [2.05, 4.69) is 51.1 Å². The number of benzene rings is 1. The van der Waals surface area contributed by atoms with Crippen LogP contribution >= 0.6 is 0 Å². The van der Waals surface area contributed by atoms with Gasteiger partial charge in [0, 0.05) is 25.6 Å². The first-order valence-electron chi connectivity index (χ1n) is 20.2. The van der Waals surface area contributed by atoms with Gasteiger partial charge in [0.1, 0.15) is 5.76 Å². The van der Waals surface area contributed by atoms with Crippen molar-refractivity contribution in [3.63, 3.8) is 0 Å². The Morgan fingerprint density at radius 1 is 0.922 bits per heavy atom. The number of rotatable bonds is 20. The summed E-state index contributed by atoms with van der Waals surface area (Å²) in [7, 11) is 1.52. The average molecular weight is 707 g/mol. The molecule has 51 heavy (non-hydrogen) atoms. The molecule has 2 aliphatic heterocycles. The van der Waals surface area contributed by atoms with E-state index in [-0.39, 0.29) is 36.5 Å². The van der Waals surface area contributed by atoms with Crippen LogP contribution in [0.5, 0.6) is 0 Å². The van der Waals surface area contributed by atoms with Crippen LogP contribution in [-0.4, -0.2) is 51.6 Å². The molecule has 0 aromatic heterocycles. The molecule has 284 valence electrons. The summed E-state index contributed by atoms with van der Waals surface area (Å²) in [6.45, 7) is 9.52. The number of methoxy groups -OCH3 is 1. The first-order chi connectivity index (χ1) is 24.9. The predicted octanol–water partition coefficient (Wildman–Crippen LogP) is 10.2. The monoisotopic (exact) mass is 706 g/mol. The molecule has 2 heterocycles. The maximum Gasteiger partial charge on any atom is 0.312 e. The molecular formula is C44H66O7. The first kappa shape index (κ1) is 39.8. The molecule has 0 amide bonds. The second-order valence-electron chi connectivity index (χ2n) is 15.7. The summed E-state index contributed by atoms with van der Waals surface area (Å²) in [5.74, 6) is 2.02. The second kappa shape index (κ2) is 21.3. The van der Waals surface area contributed by atoms with Gasteiger partial charge in [-0.3, -0.25) is 4.79 Å². The third-order valence-corrected chi connectivity index (χ3v) is 11.3. The maximum absolute atomic E-state index is 13.3. The Kier molecular flexibility index (Phi) is 16.6. The Morgan fingerprint density at radius 2 is 1.65 bits per heavy atom. The predicted molar refractivity (Wildman–Crippen MR) is 202 cm³/mol. The van der Waals surface area contributed by atoms with Gasteiger partial charge in [0.05, 0.1) is 32.3 Å². The van der Waals surface area contributed by atoms with E-state index in [1.165, 1.54) is 30.2 Å². The van der Waals surface area contributed by atoms with Gasteiger partial charge in [-0.05, 0) is 133 Å². The molecule has 0 spiro atoms. The number of carbonyl (C=O) groups is 1. The summed E-state index contributed by atoms with van der Waals surface area (Å²) in [6.07, 6.45) is 21.8. The van der Waals surface area contributed by atoms with Crippen molar-refractivity contribution in [2.75, 3.05) is 26.9 Å². The highest BCUT2D eigenvalue weighted by Crippen LogP contribution is 2.53. The summed E-state index contributed by atoms with van der Waals surface area (Å²) in [5, 5.41) is 0. The van der Waals surface area contributed by atoms with Gasteiger partial charge in [-0.25, -0.2) is 0 Å². The Bertz CT molecular complexity index is 1260. The number of ether oxygens (including phenoxy) is 6. The van der Waals surface area contributed by atoms with E-state index >= 15 is 0 Å². The molecule has 7 heteroatoms. The molecule has 0 N–H and O–H groups in total. The lowest BCUT2D eigenvalue weighted by atomic mass is 9.84. The van der Waals surface area contributed by atoms with E-state index in [1.807, 2.05) is 18.2 Å². The van der Waals surface area contributed by atoms with Crippen LogP contribution in [-0.2, 0) is 39.8 Å². The lowest BCUT2D eigenvalue weighted by Crippen LogP contribution is -2.34. The summed E-state index contributed by atoms with van der Waals surface area (Å²) >= 11 is 0. The van der Waals surface area contributed by atoms with Crippen LogP contribution in [0.1, 0.15) is 123 Å². The van der Waals surface area contributed by atoms with Crippen molar-refractivity contribution in [3.8, 4) is 0 Å². The van der Waals surface area contributed by atoms with Crippen LogP contribution in [0.2, 0.25) is 0 Å². The van der Waals surface area contributed by atoms with Crippen LogP contribution in [0.25, 0.3) is 0 Å². The molecule has 2 aliphatic carbocycles. The number of fused-ring (bicyclic) bond motifs is 1. The summed E-state index contributed by atoms with van der Waals surface area (Å²) in [5.41, 5.74) is 3.79. The topological polar surface area (TPSA) is 72.5 Å². The molecule has 2 saturated heterocycles. The second-order valence-corrected chi connectivity index (χ2v) is 15.7. The molecule has 0 bridgehead atoms. The van der Waals surface area contributed by atoms with Crippen LogP contribution in [0.4, 0.5) is 0 Å². The standard InChI is InChI=1S/C44H66O7/c1-32(2)16-14-17-33(3)18-15-22-39(50-41-23-9-12-26-48-41)43-38-29-35(28-36(38)30-40(43)51-42-24-10-13-27-49-42)37(44(45)46-4)21-8-11-25-47-31-34-19-6-5-7-20-34/h5-7,16,19-20,22,28,33,36-38,40-43H,8-15,17-18,21,23-27,29-31H2,1-4H3/t33-,36?,37?,38?,40-,41?,42?,43+/m1/s1. The molecular weight excluding hydrogens is 640 g/mol. The highest BCUT2D eigenvalue weighted by atomic mass is 16.7. The van der Waals surface area contributed by atoms with E-state index in [0.717, 1.165) is 109 Å². The fraction of sp³-hybridized carbons (Fsp3) is 0.705. The lowest BCUT2D eigenvalue weighted by molar-refractivity contribution is -0.200. The molecule has 3 fully saturated rings. The third-order valence-electron chi connectivity index (χ3n) is 11.3. The zero-order valence-corrected chi connectivity index (χ0v) is 32.0. The molecule has 1 aromatic carbocycles.